The molecule has 0 aliphatic heterocycles. The van der Waals surface area contributed by atoms with Crippen LogP contribution in [0.15, 0.2) is 0 Å². The van der Waals surface area contributed by atoms with Gasteiger partial charge in [-0.15, -0.1) is 0 Å². The first-order valence-electron chi connectivity index (χ1n) is 3.07. The van der Waals surface area contributed by atoms with Gasteiger partial charge in [-0.05, 0) is 6.42 Å². The van der Waals surface area contributed by atoms with Gasteiger partial charge in [-0.3, -0.25) is 0 Å². The van der Waals surface area contributed by atoms with Crippen molar-refractivity contribution in [3.8, 4) is 0 Å². The molecule has 10 heavy (non-hydrogen) atoms. The fourth-order valence-electron chi connectivity index (χ4n) is 0.491. The van der Waals surface area contributed by atoms with E-state index in [1.807, 2.05) is 0 Å². The van der Waals surface area contributed by atoms with E-state index in [1.54, 1.807) is 7.11 Å². The summed E-state index contributed by atoms with van der Waals surface area (Å²) in [6.07, 6.45) is 1.27. The molecule has 0 heterocycles. The Hall–Kier alpha value is 0.880. The van der Waals surface area contributed by atoms with Crippen molar-refractivity contribution < 1.29 is 9.47 Å². The lowest BCUT2D eigenvalue weighted by Crippen LogP contribution is -2.16. The maximum atomic E-state index is 5.28. The fourth-order valence-corrected chi connectivity index (χ4v) is 1.51. The van der Waals surface area contributed by atoms with Crippen molar-refractivity contribution in [2.24, 2.45) is 0 Å². The van der Waals surface area contributed by atoms with Crippen LogP contribution in [0.5, 0.6) is 0 Å². The molecule has 62 valence electrons. The number of alkyl halides is 2. The van der Waals surface area contributed by atoms with Crippen LogP contribution in [0.2, 0.25) is 0 Å². The van der Waals surface area contributed by atoms with Gasteiger partial charge in [0.05, 0.1) is 6.10 Å². The Bertz CT molecular complexity index is 70.8. The van der Waals surface area contributed by atoms with Crippen molar-refractivity contribution in [2.45, 2.75) is 12.5 Å². The number of ether oxygens (including phenoxy) is 2. The van der Waals surface area contributed by atoms with Crippen LogP contribution in [0, 0.1) is 0 Å². The Labute approximate surface area is 78.5 Å². The molecular formula is C6H12Br2O2. The van der Waals surface area contributed by atoms with E-state index >= 15 is 0 Å². The van der Waals surface area contributed by atoms with Crippen molar-refractivity contribution in [3.63, 3.8) is 0 Å². The standard InChI is InChI=1S/C6H12Br2O2/c1-9-5-10-6(4-8)2-3-7/h6H,2-5H2,1H3. The predicted molar refractivity (Wildman–Crippen MR) is 49.0 cm³/mol. The molecule has 0 amide bonds. The zero-order valence-electron chi connectivity index (χ0n) is 5.98. The predicted octanol–water partition coefficient (Wildman–Crippen LogP) is 2.16. The first-order chi connectivity index (χ1) is 4.85. The highest BCUT2D eigenvalue weighted by atomic mass is 79.9. The molecule has 4 heteroatoms. The van der Waals surface area contributed by atoms with Gasteiger partial charge < -0.3 is 9.47 Å². The second-order valence-corrected chi connectivity index (χ2v) is 3.27. The molecule has 0 aliphatic rings. The smallest absolute Gasteiger partial charge is 0.146 e. The second-order valence-electron chi connectivity index (χ2n) is 1.83. The molecular weight excluding hydrogens is 264 g/mol. The van der Waals surface area contributed by atoms with E-state index in [2.05, 4.69) is 31.9 Å². The molecule has 1 unspecified atom stereocenters. The molecule has 0 fully saturated rings. The summed E-state index contributed by atoms with van der Waals surface area (Å²) < 4.78 is 10.0. The molecule has 0 spiro atoms. The highest BCUT2D eigenvalue weighted by Crippen LogP contribution is 2.04. The topological polar surface area (TPSA) is 18.5 Å². The number of hydrogen-bond donors (Lipinski definition) is 0. The summed E-state index contributed by atoms with van der Waals surface area (Å²) >= 11 is 6.69. The molecule has 0 bridgehead atoms. The third-order valence-electron chi connectivity index (χ3n) is 1.02. The van der Waals surface area contributed by atoms with Crippen LogP contribution in [-0.2, 0) is 9.47 Å². The van der Waals surface area contributed by atoms with E-state index in [0.29, 0.717) is 6.79 Å². The minimum atomic E-state index is 0.263. The molecule has 0 N–H and O–H groups in total. The molecule has 0 aromatic rings. The van der Waals surface area contributed by atoms with Crippen LogP contribution in [0.4, 0.5) is 0 Å². The highest BCUT2D eigenvalue weighted by molar-refractivity contribution is 9.09. The summed E-state index contributed by atoms with van der Waals surface area (Å²) in [5.41, 5.74) is 0. The number of hydrogen-bond acceptors (Lipinski definition) is 2. The molecule has 0 aliphatic carbocycles. The van der Waals surface area contributed by atoms with Gasteiger partial charge in [0.15, 0.2) is 0 Å². The Morgan fingerprint density at radius 1 is 1.40 bits per heavy atom. The SMILES string of the molecule is COCOC(CBr)CCBr. The maximum absolute atomic E-state index is 5.28. The van der Waals surface area contributed by atoms with Gasteiger partial charge in [0, 0.05) is 17.8 Å². The summed E-state index contributed by atoms with van der Waals surface area (Å²) in [7, 11) is 1.62. The Morgan fingerprint density at radius 2 is 2.10 bits per heavy atom. The molecule has 0 radical (unpaired) electrons. The minimum Gasteiger partial charge on any atom is -0.359 e. The summed E-state index contributed by atoms with van der Waals surface area (Å²) in [4.78, 5) is 0. The van der Waals surface area contributed by atoms with E-state index in [1.165, 1.54) is 0 Å². The number of halogens is 2. The Morgan fingerprint density at radius 3 is 2.50 bits per heavy atom. The van der Waals surface area contributed by atoms with Gasteiger partial charge in [-0.25, -0.2) is 0 Å². The molecule has 0 saturated carbocycles. The molecule has 2 nitrogen and oxygen atoms in total. The third kappa shape index (κ3) is 5.65. The van der Waals surface area contributed by atoms with E-state index in [0.717, 1.165) is 17.1 Å². The average Bonchev–Trinajstić information content (AvgIpc) is 1.98. The van der Waals surface area contributed by atoms with Gasteiger partial charge in [-0.1, -0.05) is 31.9 Å². The van der Waals surface area contributed by atoms with Gasteiger partial charge in [0.1, 0.15) is 6.79 Å². The summed E-state index contributed by atoms with van der Waals surface area (Å²) in [5, 5.41) is 1.83. The van der Waals surface area contributed by atoms with Crippen molar-refractivity contribution in [1.82, 2.24) is 0 Å². The average molecular weight is 276 g/mol. The van der Waals surface area contributed by atoms with Gasteiger partial charge in [-0.2, -0.15) is 0 Å². The highest BCUT2D eigenvalue weighted by Gasteiger charge is 2.04. The number of rotatable bonds is 6. The third-order valence-corrected chi connectivity index (χ3v) is 2.20. The van der Waals surface area contributed by atoms with E-state index in [-0.39, 0.29) is 6.10 Å². The molecule has 0 saturated heterocycles. The molecule has 0 aromatic heterocycles. The Balaban J connectivity index is 3.21. The Kier molecular flexibility index (Phi) is 8.68. The van der Waals surface area contributed by atoms with E-state index in [4.69, 9.17) is 9.47 Å². The quantitative estimate of drug-likeness (QED) is 0.546. The second kappa shape index (κ2) is 7.98. The summed E-state index contributed by atoms with van der Waals surface area (Å²) in [6, 6.07) is 0. The lowest BCUT2D eigenvalue weighted by Gasteiger charge is -2.12. The summed E-state index contributed by atoms with van der Waals surface area (Å²) in [5.74, 6) is 0. The maximum Gasteiger partial charge on any atom is 0.146 e. The van der Waals surface area contributed by atoms with Crippen molar-refractivity contribution in [2.75, 3.05) is 24.6 Å². The largest absolute Gasteiger partial charge is 0.359 e. The van der Waals surface area contributed by atoms with Crippen LogP contribution < -0.4 is 0 Å². The van der Waals surface area contributed by atoms with Crippen LogP contribution >= 0.6 is 31.9 Å². The first kappa shape index (κ1) is 10.9. The normalized spacial score (nSPS) is 13.5. The van der Waals surface area contributed by atoms with Gasteiger partial charge in [0.25, 0.3) is 0 Å². The summed E-state index contributed by atoms with van der Waals surface area (Å²) in [6.45, 7) is 0.378. The number of methoxy groups -OCH3 is 1. The van der Waals surface area contributed by atoms with Crippen molar-refractivity contribution in [3.05, 3.63) is 0 Å². The lowest BCUT2D eigenvalue weighted by molar-refractivity contribution is -0.0633. The van der Waals surface area contributed by atoms with Crippen LogP contribution in [0.1, 0.15) is 6.42 Å². The van der Waals surface area contributed by atoms with Crippen molar-refractivity contribution in [1.29, 1.82) is 0 Å². The van der Waals surface area contributed by atoms with E-state index < -0.39 is 0 Å². The van der Waals surface area contributed by atoms with Crippen LogP contribution in [0.3, 0.4) is 0 Å². The van der Waals surface area contributed by atoms with Crippen molar-refractivity contribution >= 4 is 31.9 Å². The monoisotopic (exact) mass is 274 g/mol. The van der Waals surface area contributed by atoms with E-state index in [9.17, 15) is 0 Å². The van der Waals surface area contributed by atoms with Gasteiger partial charge >= 0.3 is 0 Å². The van der Waals surface area contributed by atoms with Crippen LogP contribution in [0.25, 0.3) is 0 Å². The fraction of sp³-hybridized carbons (Fsp3) is 1.00. The molecule has 0 aromatic carbocycles. The van der Waals surface area contributed by atoms with Crippen LogP contribution in [-0.4, -0.2) is 30.7 Å². The van der Waals surface area contributed by atoms with Gasteiger partial charge in [0.2, 0.25) is 0 Å². The lowest BCUT2D eigenvalue weighted by atomic mass is 10.3. The zero-order valence-corrected chi connectivity index (χ0v) is 9.15. The minimum absolute atomic E-state index is 0.263. The molecule has 1 atom stereocenters. The molecule has 0 rings (SSSR count). The zero-order chi connectivity index (χ0) is 7.82. The first-order valence-corrected chi connectivity index (χ1v) is 5.32.